The number of amides is 1. The number of aromatic nitrogens is 3. The Hall–Kier alpha value is -2.54. The molecule has 6 nitrogen and oxygen atoms in total. The zero-order chi connectivity index (χ0) is 19.4. The van der Waals surface area contributed by atoms with Crippen LogP contribution < -0.4 is 10.2 Å². The number of rotatable bonds is 7. The van der Waals surface area contributed by atoms with E-state index in [1.54, 1.807) is 6.33 Å². The maximum absolute atomic E-state index is 12.6. The van der Waals surface area contributed by atoms with E-state index in [9.17, 15) is 4.79 Å². The number of likely N-dealkylation sites (N-methyl/N-ethyl adjacent to an activating group) is 1. The molecule has 0 fully saturated rings. The van der Waals surface area contributed by atoms with Crippen molar-refractivity contribution in [3.63, 3.8) is 0 Å². The fourth-order valence-corrected chi connectivity index (χ4v) is 3.93. The van der Waals surface area contributed by atoms with Crippen molar-refractivity contribution >= 4 is 33.3 Å². The first-order valence-corrected chi connectivity index (χ1v) is 9.98. The molecule has 0 saturated heterocycles. The smallest absolute Gasteiger partial charge is 0.261 e. The molecule has 0 radical (unpaired) electrons. The predicted molar refractivity (Wildman–Crippen MR) is 111 cm³/mol. The number of nitrogens with zero attached hydrogens (tertiary/aromatic N) is 4. The lowest BCUT2D eigenvalue weighted by Crippen LogP contribution is -2.31. The normalized spacial score (nSPS) is 12.1. The molecule has 0 bridgehead atoms. The third-order valence-electron chi connectivity index (χ3n) is 4.69. The molecule has 3 aromatic rings. The average molecular weight is 384 g/mol. The van der Waals surface area contributed by atoms with Crippen molar-refractivity contribution in [2.45, 2.75) is 39.7 Å². The summed E-state index contributed by atoms with van der Waals surface area (Å²) in [6.07, 6.45) is 5.11. The van der Waals surface area contributed by atoms with Gasteiger partial charge in [0.25, 0.3) is 5.91 Å². The molecule has 27 heavy (non-hydrogen) atoms. The topological polar surface area (TPSA) is 71.0 Å². The van der Waals surface area contributed by atoms with Crippen LogP contribution in [-0.4, -0.2) is 40.5 Å². The summed E-state index contributed by atoms with van der Waals surface area (Å²) in [7, 11) is 2.01. The summed E-state index contributed by atoms with van der Waals surface area (Å²) < 4.78 is 0. The van der Waals surface area contributed by atoms with Crippen LogP contribution in [0.3, 0.4) is 0 Å². The number of carbonyl (C=O) groups excluding carboxylic acids is 1. The molecule has 0 saturated carbocycles. The number of pyridine rings is 1. The molecule has 1 unspecified atom stereocenters. The van der Waals surface area contributed by atoms with Crippen LogP contribution in [0.25, 0.3) is 10.2 Å². The minimum absolute atomic E-state index is 0.0352. The summed E-state index contributed by atoms with van der Waals surface area (Å²) in [5.74, 6) is 0.819. The Bertz CT molecular complexity index is 925. The van der Waals surface area contributed by atoms with E-state index in [1.807, 2.05) is 45.3 Å². The highest BCUT2D eigenvalue weighted by molar-refractivity contribution is 7.20. The van der Waals surface area contributed by atoms with Gasteiger partial charge in [0.05, 0.1) is 10.3 Å². The van der Waals surface area contributed by atoms with E-state index in [1.165, 1.54) is 11.3 Å². The number of nitrogens with one attached hydrogen (secondary N) is 1. The number of aryl methyl sites for hydroxylation is 1. The van der Waals surface area contributed by atoms with Crippen LogP contribution in [0, 0.1) is 6.92 Å². The maximum Gasteiger partial charge on any atom is 0.261 e. The first kappa shape index (κ1) is 19.2. The molecule has 142 valence electrons. The van der Waals surface area contributed by atoms with Gasteiger partial charge in [-0.15, -0.1) is 11.3 Å². The minimum atomic E-state index is -0.0352. The predicted octanol–water partition coefficient (Wildman–Crippen LogP) is 3.60. The highest BCUT2D eigenvalue weighted by Gasteiger charge is 2.21. The fraction of sp³-hybridized carbons (Fsp3) is 0.400. The molecule has 0 aliphatic carbocycles. The Labute approximate surface area is 163 Å². The molecule has 0 spiro atoms. The Morgan fingerprint density at radius 1 is 1.30 bits per heavy atom. The van der Waals surface area contributed by atoms with E-state index >= 15 is 0 Å². The summed E-state index contributed by atoms with van der Waals surface area (Å²) >= 11 is 1.43. The summed E-state index contributed by atoms with van der Waals surface area (Å²) in [5.41, 5.74) is 1.99. The van der Waals surface area contributed by atoms with E-state index in [0.717, 1.165) is 46.7 Å². The van der Waals surface area contributed by atoms with Crippen molar-refractivity contribution in [3.05, 3.63) is 46.9 Å². The second kappa shape index (κ2) is 8.43. The molecular weight excluding hydrogens is 358 g/mol. The summed E-state index contributed by atoms with van der Waals surface area (Å²) in [6.45, 7) is 6.83. The van der Waals surface area contributed by atoms with Crippen LogP contribution in [0.5, 0.6) is 0 Å². The van der Waals surface area contributed by atoms with Crippen molar-refractivity contribution in [3.8, 4) is 0 Å². The Kier molecular flexibility index (Phi) is 6.01. The van der Waals surface area contributed by atoms with Gasteiger partial charge in [0.15, 0.2) is 0 Å². The highest BCUT2D eigenvalue weighted by Crippen LogP contribution is 2.34. The van der Waals surface area contributed by atoms with E-state index in [4.69, 9.17) is 0 Å². The Morgan fingerprint density at radius 2 is 2.11 bits per heavy atom. The van der Waals surface area contributed by atoms with Gasteiger partial charge in [-0.2, -0.15) is 0 Å². The van der Waals surface area contributed by atoms with Crippen LogP contribution in [-0.2, 0) is 6.42 Å². The molecule has 3 aromatic heterocycles. The van der Waals surface area contributed by atoms with E-state index in [2.05, 4.69) is 32.1 Å². The zero-order valence-electron chi connectivity index (χ0n) is 16.2. The average Bonchev–Trinajstić information content (AvgIpc) is 3.03. The summed E-state index contributed by atoms with van der Waals surface area (Å²) in [5, 5.41) is 4.00. The molecule has 3 rings (SSSR count). The minimum Gasteiger partial charge on any atom is -0.359 e. The van der Waals surface area contributed by atoms with E-state index < -0.39 is 0 Å². The van der Waals surface area contributed by atoms with Gasteiger partial charge in [-0.25, -0.2) is 9.97 Å². The second-order valence-corrected chi connectivity index (χ2v) is 7.71. The van der Waals surface area contributed by atoms with Crippen LogP contribution >= 0.6 is 11.3 Å². The van der Waals surface area contributed by atoms with Gasteiger partial charge in [-0.05, 0) is 38.0 Å². The third kappa shape index (κ3) is 4.24. The Morgan fingerprint density at radius 3 is 2.81 bits per heavy atom. The molecular formula is C20H25N5OS. The quantitative estimate of drug-likeness (QED) is 0.675. The third-order valence-corrected chi connectivity index (χ3v) is 5.89. The molecule has 0 aromatic carbocycles. The van der Waals surface area contributed by atoms with Crippen molar-refractivity contribution in [1.82, 2.24) is 20.3 Å². The van der Waals surface area contributed by atoms with Crippen LogP contribution in [0.15, 0.2) is 30.7 Å². The van der Waals surface area contributed by atoms with Crippen LogP contribution in [0.4, 0.5) is 5.82 Å². The van der Waals surface area contributed by atoms with Crippen molar-refractivity contribution in [2.75, 3.05) is 18.5 Å². The number of hydrogen-bond acceptors (Lipinski definition) is 6. The van der Waals surface area contributed by atoms with Gasteiger partial charge in [-0.3, -0.25) is 9.78 Å². The largest absolute Gasteiger partial charge is 0.359 e. The first-order valence-electron chi connectivity index (χ1n) is 9.17. The maximum atomic E-state index is 12.6. The standard InChI is InChI=1S/C20H25N5OS/c1-5-13(2)24-19(26)17-14(3)16-18(22-12-23-20(16)27-17)25(4)11-9-15-8-6-7-10-21-15/h6-8,10,12-13H,5,9,11H2,1-4H3,(H,24,26). The van der Waals surface area contributed by atoms with Gasteiger partial charge >= 0.3 is 0 Å². The van der Waals surface area contributed by atoms with Crippen molar-refractivity contribution in [1.29, 1.82) is 0 Å². The zero-order valence-corrected chi connectivity index (χ0v) is 17.0. The van der Waals surface area contributed by atoms with E-state index in [0.29, 0.717) is 4.88 Å². The summed E-state index contributed by atoms with van der Waals surface area (Å²) in [6, 6.07) is 6.09. The highest BCUT2D eigenvalue weighted by atomic mass is 32.1. The van der Waals surface area contributed by atoms with Gasteiger partial charge in [0, 0.05) is 37.9 Å². The van der Waals surface area contributed by atoms with Gasteiger partial charge in [0.2, 0.25) is 0 Å². The molecule has 1 amide bonds. The van der Waals surface area contributed by atoms with Crippen molar-refractivity contribution < 1.29 is 4.79 Å². The molecule has 1 N–H and O–H groups in total. The number of thiophene rings is 1. The summed E-state index contributed by atoms with van der Waals surface area (Å²) in [4.78, 5) is 29.6. The monoisotopic (exact) mass is 383 g/mol. The second-order valence-electron chi connectivity index (χ2n) is 6.71. The van der Waals surface area contributed by atoms with Gasteiger partial charge < -0.3 is 10.2 Å². The molecule has 0 aliphatic heterocycles. The fourth-order valence-electron chi connectivity index (χ4n) is 2.88. The lowest BCUT2D eigenvalue weighted by molar-refractivity contribution is 0.0943. The SMILES string of the molecule is CCC(C)NC(=O)c1sc2ncnc(N(C)CCc3ccccn3)c2c1C. The lowest BCUT2D eigenvalue weighted by atomic mass is 10.1. The van der Waals surface area contributed by atoms with Crippen molar-refractivity contribution in [2.24, 2.45) is 0 Å². The van der Waals surface area contributed by atoms with Gasteiger partial charge in [0.1, 0.15) is 17.0 Å². The number of hydrogen-bond donors (Lipinski definition) is 1. The van der Waals surface area contributed by atoms with Gasteiger partial charge in [-0.1, -0.05) is 13.0 Å². The molecule has 7 heteroatoms. The number of anilines is 1. The number of carbonyl (C=O) groups is 1. The first-order chi connectivity index (χ1) is 13.0. The van der Waals surface area contributed by atoms with E-state index in [-0.39, 0.29) is 11.9 Å². The Balaban J connectivity index is 1.86. The van der Waals surface area contributed by atoms with Crippen LogP contribution in [0.2, 0.25) is 0 Å². The molecule has 0 aliphatic rings. The molecule has 3 heterocycles. The number of fused-ring (bicyclic) bond motifs is 1. The van der Waals surface area contributed by atoms with Crippen LogP contribution in [0.1, 0.15) is 41.2 Å². The lowest BCUT2D eigenvalue weighted by Gasteiger charge is -2.19. The molecule has 1 atom stereocenters.